The molecule has 0 saturated carbocycles. The molecule has 0 amide bonds. The highest BCUT2D eigenvalue weighted by molar-refractivity contribution is 6.06. The Bertz CT molecular complexity index is 1440. The molecule has 0 bridgehead atoms. The van der Waals surface area contributed by atoms with Crippen molar-refractivity contribution in [3.8, 4) is 22.6 Å². The van der Waals surface area contributed by atoms with Crippen molar-refractivity contribution >= 4 is 29.6 Å². The van der Waals surface area contributed by atoms with Crippen LogP contribution in [0.5, 0.6) is 0 Å². The summed E-state index contributed by atoms with van der Waals surface area (Å²) in [5.74, 6) is -0.781. The van der Waals surface area contributed by atoms with Gasteiger partial charge in [-0.15, -0.1) is 0 Å². The Balaban J connectivity index is 1.86. The maximum atomic E-state index is 13.9. The Morgan fingerprint density at radius 3 is 2.50 bits per heavy atom. The van der Waals surface area contributed by atoms with Gasteiger partial charge in [-0.2, -0.15) is 13.2 Å². The number of halogens is 4. The zero-order valence-electron chi connectivity index (χ0n) is 17.6. The van der Waals surface area contributed by atoms with Crippen LogP contribution in [-0.4, -0.2) is 35.4 Å². The van der Waals surface area contributed by atoms with E-state index in [1.807, 2.05) is 0 Å². The molecule has 6 nitrogen and oxygen atoms in total. The number of alkyl halides is 3. The first-order chi connectivity index (χ1) is 16.1. The predicted octanol–water partition coefficient (Wildman–Crippen LogP) is 6.00. The summed E-state index contributed by atoms with van der Waals surface area (Å²) in [6.45, 7) is 0. The van der Waals surface area contributed by atoms with Gasteiger partial charge in [-0.05, 0) is 47.5 Å². The van der Waals surface area contributed by atoms with Crippen molar-refractivity contribution in [3.63, 3.8) is 0 Å². The molecule has 0 saturated heterocycles. The van der Waals surface area contributed by atoms with Crippen LogP contribution in [0.2, 0.25) is 0 Å². The van der Waals surface area contributed by atoms with E-state index in [-0.39, 0.29) is 28.4 Å². The SMILES string of the molecule is CN(C=N)C(=N)c1cc(F)ccc1-c1cccc(-c2nc3cc(C=O)cc(C(F)(F)F)c3o2)c1. The van der Waals surface area contributed by atoms with Crippen LogP contribution in [0.15, 0.2) is 59.0 Å². The van der Waals surface area contributed by atoms with Gasteiger partial charge in [-0.25, -0.2) is 9.37 Å². The number of carbonyl (C=O) groups excluding carboxylic acids is 1. The largest absolute Gasteiger partial charge is 0.435 e. The van der Waals surface area contributed by atoms with Crippen molar-refractivity contribution in [2.75, 3.05) is 7.05 Å². The molecule has 0 unspecified atom stereocenters. The molecule has 172 valence electrons. The zero-order valence-corrected chi connectivity index (χ0v) is 17.6. The Kier molecular flexibility index (Phi) is 5.74. The van der Waals surface area contributed by atoms with Crippen LogP contribution in [0.1, 0.15) is 21.5 Å². The molecular formula is C24H16F4N4O2. The predicted molar refractivity (Wildman–Crippen MR) is 119 cm³/mol. The fourth-order valence-electron chi connectivity index (χ4n) is 3.49. The lowest BCUT2D eigenvalue weighted by molar-refractivity contribution is -0.136. The lowest BCUT2D eigenvalue weighted by Crippen LogP contribution is -2.25. The summed E-state index contributed by atoms with van der Waals surface area (Å²) in [7, 11) is 1.48. The van der Waals surface area contributed by atoms with Crippen LogP contribution in [-0.2, 0) is 6.18 Å². The number of hydrogen-bond acceptors (Lipinski definition) is 5. The van der Waals surface area contributed by atoms with Gasteiger partial charge < -0.3 is 9.32 Å². The lowest BCUT2D eigenvalue weighted by Gasteiger charge is -2.17. The number of fused-ring (bicyclic) bond motifs is 1. The maximum Gasteiger partial charge on any atom is 0.420 e. The maximum absolute atomic E-state index is 13.9. The number of hydrogen-bond donors (Lipinski definition) is 2. The second-order valence-electron chi connectivity index (χ2n) is 7.41. The van der Waals surface area contributed by atoms with Crippen molar-refractivity contribution < 1.29 is 26.8 Å². The summed E-state index contributed by atoms with van der Waals surface area (Å²) in [4.78, 5) is 16.4. The topological polar surface area (TPSA) is 94.0 Å². The Morgan fingerprint density at radius 1 is 1.09 bits per heavy atom. The second-order valence-corrected chi connectivity index (χ2v) is 7.41. The summed E-state index contributed by atoms with van der Waals surface area (Å²) < 4.78 is 59.9. The number of nitrogens with one attached hydrogen (secondary N) is 2. The molecule has 0 radical (unpaired) electrons. The molecule has 1 aromatic heterocycles. The minimum Gasteiger partial charge on any atom is -0.435 e. The van der Waals surface area contributed by atoms with Gasteiger partial charge in [0.1, 0.15) is 29.0 Å². The summed E-state index contributed by atoms with van der Waals surface area (Å²) in [5, 5.41) is 15.6. The number of aromatic nitrogens is 1. The summed E-state index contributed by atoms with van der Waals surface area (Å²) in [5.41, 5.74) is -0.333. The van der Waals surface area contributed by atoms with Crippen molar-refractivity contribution in [1.29, 1.82) is 10.8 Å². The zero-order chi connectivity index (χ0) is 24.6. The van der Waals surface area contributed by atoms with Gasteiger partial charge in [-0.1, -0.05) is 18.2 Å². The normalized spacial score (nSPS) is 11.4. The quantitative estimate of drug-likeness (QED) is 0.163. The highest BCUT2D eigenvalue weighted by atomic mass is 19.4. The first kappa shape index (κ1) is 22.8. The van der Waals surface area contributed by atoms with Crippen molar-refractivity contribution in [2.45, 2.75) is 6.18 Å². The van der Waals surface area contributed by atoms with E-state index in [0.717, 1.165) is 6.34 Å². The van der Waals surface area contributed by atoms with E-state index < -0.39 is 23.1 Å². The van der Waals surface area contributed by atoms with E-state index in [0.29, 0.717) is 29.0 Å². The molecule has 0 aliphatic heterocycles. The fourth-order valence-corrected chi connectivity index (χ4v) is 3.49. The Labute approximate surface area is 190 Å². The monoisotopic (exact) mass is 468 g/mol. The van der Waals surface area contributed by atoms with Gasteiger partial charge in [-0.3, -0.25) is 15.6 Å². The smallest absolute Gasteiger partial charge is 0.420 e. The first-order valence-electron chi connectivity index (χ1n) is 9.82. The van der Waals surface area contributed by atoms with Crippen LogP contribution >= 0.6 is 0 Å². The molecule has 0 spiro atoms. The minimum absolute atomic E-state index is 0.0965. The van der Waals surface area contributed by atoms with Gasteiger partial charge >= 0.3 is 6.18 Å². The molecule has 3 aromatic carbocycles. The van der Waals surface area contributed by atoms with Crippen LogP contribution in [0, 0.1) is 16.6 Å². The number of rotatable bonds is 5. The van der Waals surface area contributed by atoms with E-state index in [1.54, 1.807) is 24.3 Å². The standard InChI is InChI=1S/C24H16F4N4O2/c1-32(12-29)22(30)18-10-16(25)5-6-17(18)14-3-2-4-15(9-14)23-31-20-8-13(11-33)7-19(21(20)34-23)24(26,27)28/h2-12,29-30H,1H3. The lowest BCUT2D eigenvalue weighted by atomic mass is 9.97. The highest BCUT2D eigenvalue weighted by Gasteiger charge is 2.35. The molecule has 1 heterocycles. The van der Waals surface area contributed by atoms with Crippen molar-refractivity contribution in [2.24, 2.45) is 0 Å². The van der Waals surface area contributed by atoms with Gasteiger partial charge in [0.2, 0.25) is 5.89 Å². The number of aldehydes is 1. The van der Waals surface area contributed by atoms with E-state index in [1.165, 1.54) is 36.2 Å². The summed E-state index contributed by atoms with van der Waals surface area (Å²) in [6, 6.07) is 12.3. The molecule has 0 aliphatic carbocycles. The Morgan fingerprint density at radius 2 is 1.82 bits per heavy atom. The van der Waals surface area contributed by atoms with Crippen LogP contribution in [0.3, 0.4) is 0 Å². The minimum atomic E-state index is -4.75. The third-order valence-electron chi connectivity index (χ3n) is 5.16. The molecule has 10 heteroatoms. The third-order valence-corrected chi connectivity index (χ3v) is 5.16. The molecule has 0 fully saturated rings. The molecule has 34 heavy (non-hydrogen) atoms. The average molecular weight is 468 g/mol. The fraction of sp³-hybridized carbons (Fsp3) is 0.0833. The van der Waals surface area contributed by atoms with Crippen LogP contribution in [0.25, 0.3) is 33.7 Å². The number of oxazole rings is 1. The van der Waals surface area contributed by atoms with E-state index in [4.69, 9.17) is 15.2 Å². The summed E-state index contributed by atoms with van der Waals surface area (Å²) >= 11 is 0. The molecule has 4 rings (SSSR count). The summed E-state index contributed by atoms with van der Waals surface area (Å²) in [6.07, 6.45) is -3.53. The molecular weight excluding hydrogens is 452 g/mol. The van der Waals surface area contributed by atoms with E-state index in [9.17, 15) is 22.4 Å². The van der Waals surface area contributed by atoms with Crippen LogP contribution in [0.4, 0.5) is 17.6 Å². The Hall–Kier alpha value is -4.34. The average Bonchev–Trinajstić information content (AvgIpc) is 3.25. The van der Waals surface area contributed by atoms with Gasteiger partial charge in [0.15, 0.2) is 5.58 Å². The molecule has 0 aliphatic rings. The van der Waals surface area contributed by atoms with E-state index >= 15 is 0 Å². The van der Waals surface area contributed by atoms with E-state index in [2.05, 4.69) is 4.98 Å². The number of amidine groups is 1. The van der Waals surface area contributed by atoms with Crippen molar-refractivity contribution in [1.82, 2.24) is 9.88 Å². The number of nitrogens with zero attached hydrogens (tertiary/aromatic N) is 2. The molecule has 2 N–H and O–H groups in total. The van der Waals surface area contributed by atoms with Gasteiger partial charge in [0.05, 0.1) is 6.34 Å². The molecule has 4 aromatic rings. The number of benzene rings is 3. The molecule has 0 atom stereocenters. The van der Waals surface area contributed by atoms with Gasteiger partial charge in [0, 0.05) is 23.7 Å². The van der Waals surface area contributed by atoms with Gasteiger partial charge in [0.25, 0.3) is 0 Å². The third kappa shape index (κ3) is 4.17. The number of carbonyl (C=O) groups is 1. The van der Waals surface area contributed by atoms with Crippen molar-refractivity contribution in [3.05, 3.63) is 77.1 Å². The van der Waals surface area contributed by atoms with Crippen LogP contribution < -0.4 is 0 Å². The highest BCUT2D eigenvalue weighted by Crippen LogP contribution is 2.38. The first-order valence-corrected chi connectivity index (χ1v) is 9.82. The second kappa shape index (κ2) is 8.54.